The molecule has 0 spiro atoms. The van der Waals surface area contributed by atoms with Crippen molar-refractivity contribution in [3.05, 3.63) is 45.7 Å². The first-order valence-electron chi connectivity index (χ1n) is 9.92. The van der Waals surface area contributed by atoms with Crippen molar-refractivity contribution in [2.75, 3.05) is 13.1 Å². The topological polar surface area (TPSA) is 84.4 Å². The van der Waals surface area contributed by atoms with Crippen molar-refractivity contribution in [2.45, 2.75) is 40.3 Å². The average Bonchev–Trinajstić information content (AvgIpc) is 3.03. The molecule has 0 aliphatic carbocycles. The van der Waals surface area contributed by atoms with Crippen LogP contribution in [0.5, 0.6) is 5.88 Å². The van der Waals surface area contributed by atoms with Crippen molar-refractivity contribution in [1.29, 1.82) is 0 Å². The minimum Gasteiger partial charge on any atom is -0.494 e. The van der Waals surface area contributed by atoms with Crippen LogP contribution in [0.2, 0.25) is 10.0 Å². The van der Waals surface area contributed by atoms with E-state index >= 15 is 0 Å². The molecule has 1 atom stereocenters. The third-order valence-corrected chi connectivity index (χ3v) is 6.06. The van der Waals surface area contributed by atoms with E-state index in [9.17, 15) is 9.90 Å². The number of halogens is 2. The van der Waals surface area contributed by atoms with Crippen LogP contribution < -0.4 is 5.73 Å². The Morgan fingerprint density at radius 1 is 1.30 bits per heavy atom. The summed E-state index contributed by atoms with van der Waals surface area (Å²) >= 11 is 12.6. The number of benzene rings is 1. The van der Waals surface area contributed by atoms with Gasteiger partial charge in [-0.25, -0.2) is 0 Å². The van der Waals surface area contributed by atoms with E-state index in [0.29, 0.717) is 45.2 Å². The molecule has 1 amide bonds. The van der Waals surface area contributed by atoms with Gasteiger partial charge in [-0.1, -0.05) is 29.3 Å². The van der Waals surface area contributed by atoms with E-state index in [0.717, 1.165) is 11.3 Å². The molecule has 0 fully saturated rings. The Kier molecular flexibility index (Phi) is 6.60. The highest BCUT2D eigenvalue weighted by atomic mass is 35.5. The molecule has 30 heavy (non-hydrogen) atoms. The van der Waals surface area contributed by atoms with E-state index in [1.165, 1.54) is 0 Å². The van der Waals surface area contributed by atoms with Crippen molar-refractivity contribution in [3.8, 4) is 17.0 Å². The number of carbonyl (C=O) groups is 1. The lowest BCUT2D eigenvalue weighted by Gasteiger charge is -2.24. The zero-order chi connectivity index (χ0) is 22.2. The minimum absolute atomic E-state index is 0.0405. The Labute approximate surface area is 186 Å². The summed E-state index contributed by atoms with van der Waals surface area (Å²) in [5, 5.41) is 12.7. The van der Waals surface area contributed by atoms with Gasteiger partial charge >= 0.3 is 0 Å². The van der Waals surface area contributed by atoms with Crippen molar-refractivity contribution in [3.63, 3.8) is 0 Å². The number of aromatic hydroxyl groups is 1. The molecule has 0 unspecified atom stereocenters. The van der Waals surface area contributed by atoms with Gasteiger partial charge in [0.25, 0.3) is 0 Å². The highest BCUT2D eigenvalue weighted by Crippen LogP contribution is 2.43. The Balaban J connectivity index is 2.30. The predicted octanol–water partition coefficient (Wildman–Crippen LogP) is 4.91. The van der Waals surface area contributed by atoms with Gasteiger partial charge in [-0.15, -0.1) is 0 Å². The standard InChI is InChI=1S/C22H26Cl2N4O2/c1-5-27(6-2)21(29)13(4)28-11-18-20(22(28)30)19(16(10-25)12(3)26-18)15-8-7-14(23)9-17(15)24/h7-9,11,13,30H,5-6,10,25H2,1-4H3/t13-/m1/s1. The Morgan fingerprint density at radius 2 is 1.97 bits per heavy atom. The van der Waals surface area contributed by atoms with Crippen LogP contribution in [0.4, 0.5) is 0 Å². The van der Waals surface area contributed by atoms with Crippen LogP contribution in [-0.4, -0.2) is 38.6 Å². The number of likely N-dealkylation sites (N-methyl/N-ethyl adjacent to an activating group) is 1. The number of hydrogen-bond donors (Lipinski definition) is 2. The van der Waals surface area contributed by atoms with Crippen LogP contribution >= 0.6 is 23.2 Å². The monoisotopic (exact) mass is 448 g/mol. The van der Waals surface area contributed by atoms with E-state index in [1.807, 2.05) is 20.8 Å². The summed E-state index contributed by atoms with van der Waals surface area (Å²) in [6, 6.07) is 4.61. The number of nitrogens with two attached hydrogens (primary N) is 1. The second-order valence-electron chi connectivity index (χ2n) is 7.19. The summed E-state index contributed by atoms with van der Waals surface area (Å²) in [5.74, 6) is -0.112. The smallest absolute Gasteiger partial charge is 0.245 e. The fourth-order valence-electron chi connectivity index (χ4n) is 3.86. The summed E-state index contributed by atoms with van der Waals surface area (Å²) in [6.45, 7) is 8.92. The van der Waals surface area contributed by atoms with Gasteiger partial charge in [-0.2, -0.15) is 0 Å². The van der Waals surface area contributed by atoms with E-state index in [-0.39, 0.29) is 18.3 Å². The van der Waals surface area contributed by atoms with E-state index in [1.54, 1.807) is 40.8 Å². The minimum atomic E-state index is -0.589. The van der Waals surface area contributed by atoms with Crippen LogP contribution in [0.15, 0.2) is 24.4 Å². The molecule has 0 bridgehead atoms. The Bertz CT molecular complexity index is 1110. The lowest BCUT2D eigenvalue weighted by Crippen LogP contribution is -2.35. The number of carbonyl (C=O) groups excluding carboxylic acids is 1. The first-order chi connectivity index (χ1) is 14.2. The van der Waals surface area contributed by atoms with Gasteiger partial charge < -0.3 is 20.3 Å². The summed E-state index contributed by atoms with van der Waals surface area (Å²) in [6.07, 6.45) is 1.71. The fourth-order valence-corrected chi connectivity index (χ4v) is 4.36. The molecule has 0 aliphatic heterocycles. The summed E-state index contributed by atoms with van der Waals surface area (Å²) in [5.41, 5.74) is 9.55. The number of amides is 1. The molecule has 6 nitrogen and oxygen atoms in total. The number of nitrogens with zero attached hydrogens (tertiary/aromatic N) is 3. The highest BCUT2D eigenvalue weighted by molar-refractivity contribution is 6.36. The number of rotatable bonds is 6. The average molecular weight is 449 g/mol. The number of aryl methyl sites for hydroxylation is 1. The summed E-state index contributed by atoms with van der Waals surface area (Å²) < 4.78 is 1.56. The van der Waals surface area contributed by atoms with E-state index in [2.05, 4.69) is 4.98 Å². The van der Waals surface area contributed by atoms with Crippen molar-refractivity contribution < 1.29 is 9.90 Å². The molecule has 0 saturated heterocycles. The third kappa shape index (κ3) is 3.75. The quantitative estimate of drug-likeness (QED) is 0.560. The second-order valence-corrected chi connectivity index (χ2v) is 8.03. The van der Waals surface area contributed by atoms with Gasteiger partial charge in [-0.3, -0.25) is 9.78 Å². The lowest BCUT2D eigenvalue weighted by atomic mass is 9.95. The molecule has 3 N–H and O–H groups in total. The maximum absolute atomic E-state index is 12.9. The second kappa shape index (κ2) is 8.84. The van der Waals surface area contributed by atoms with Gasteiger partial charge in [0.05, 0.1) is 10.9 Å². The first-order valence-corrected chi connectivity index (χ1v) is 10.7. The van der Waals surface area contributed by atoms with Crippen LogP contribution in [0.1, 0.15) is 38.1 Å². The maximum Gasteiger partial charge on any atom is 0.245 e. The Hall–Kier alpha value is -2.28. The molecule has 3 aromatic rings. The molecular weight excluding hydrogens is 423 g/mol. The van der Waals surface area contributed by atoms with Gasteiger partial charge in [0.15, 0.2) is 0 Å². The van der Waals surface area contributed by atoms with E-state index < -0.39 is 6.04 Å². The van der Waals surface area contributed by atoms with Crippen molar-refractivity contribution in [1.82, 2.24) is 14.5 Å². The van der Waals surface area contributed by atoms with Crippen LogP contribution in [0.25, 0.3) is 22.0 Å². The van der Waals surface area contributed by atoms with E-state index in [4.69, 9.17) is 28.9 Å². The van der Waals surface area contributed by atoms with Gasteiger partial charge in [0, 0.05) is 52.7 Å². The van der Waals surface area contributed by atoms with Crippen LogP contribution in [0.3, 0.4) is 0 Å². The summed E-state index contributed by atoms with van der Waals surface area (Å²) in [4.78, 5) is 19.3. The van der Waals surface area contributed by atoms with Crippen molar-refractivity contribution in [2.24, 2.45) is 5.73 Å². The molecule has 0 radical (unpaired) electrons. The number of hydrogen-bond acceptors (Lipinski definition) is 4. The SMILES string of the molecule is CCN(CC)C(=O)[C@@H](C)n1cc2nc(C)c(CN)c(-c3ccc(Cl)cc3Cl)c2c1O. The van der Waals surface area contributed by atoms with Crippen LogP contribution in [0, 0.1) is 6.92 Å². The van der Waals surface area contributed by atoms with Gasteiger partial charge in [-0.05, 0) is 45.4 Å². The highest BCUT2D eigenvalue weighted by Gasteiger charge is 2.27. The van der Waals surface area contributed by atoms with Gasteiger partial charge in [0.2, 0.25) is 11.8 Å². The molecule has 3 rings (SSSR count). The molecule has 0 saturated carbocycles. The zero-order valence-corrected chi connectivity index (χ0v) is 19.1. The zero-order valence-electron chi connectivity index (χ0n) is 17.5. The molecular formula is C22H26Cl2N4O2. The Morgan fingerprint density at radius 3 is 2.53 bits per heavy atom. The van der Waals surface area contributed by atoms with Gasteiger partial charge in [0.1, 0.15) is 6.04 Å². The lowest BCUT2D eigenvalue weighted by molar-refractivity contribution is -0.134. The molecule has 2 heterocycles. The number of aromatic nitrogens is 2. The predicted molar refractivity (Wildman–Crippen MR) is 122 cm³/mol. The van der Waals surface area contributed by atoms with Crippen molar-refractivity contribution >= 4 is 40.0 Å². The first kappa shape index (κ1) is 22.4. The van der Waals surface area contributed by atoms with Crippen LogP contribution in [-0.2, 0) is 11.3 Å². The molecule has 8 heteroatoms. The normalized spacial score (nSPS) is 12.4. The molecule has 0 aliphatic rings. The summed E-state index contributed by atoms with van der Waals surface area (Å²) in [7, 11) is 0. The maximum atomic E-state index is 12.9. The molecule has 2 aromatic heterocycles. The largest absolute Gasteiger partial charge is 0.494 e. The molecule has 160 valence electrons. The number of pyridine rings is 1. The molecule has 1 aromatic carbocycles. The number of fused-ring (bicyclic) bond motifs is 1. The third-order valence-electron chi connectivity index (χ3n) is 5.52. The fraction of sp³-hybridized carbons (Fsp3) is 0.364.